The van der Waals surface area contributed by atoms with Gasteiger partial charge in [-0.25, -0.2) is 0 Å². The number of alkyl halides is 3. The molecule has 1 fully saturated rings. The van der Waals surface area contributed by atoms with Gasteiger partial charge in [0.25, 0.3) is 0 Å². The maximum atomic E-state index is 12.1. The zero-order valence-corrected chi connectivity index (χ0v) is 9.06. The third-order valence-electron chi connectivity index (χ3n) is 2.86. The Kier molecular flexibility index (Phi) is 4.40. The van der Waals surface area contributed by atoms with Crippen LogP contribution in [0.1, 0.15) is 26.2 Å². The lowest BCUT2D eigenvalue weighted by Gasteiger charge is -2.23. The molecule has 1 rings (SSSR count). The Bertz CT molecular complexity index is 190. The van der Waals surface area contributed by atoms with Gasteiger partial charge in [-0.1, -0.05) is 6.92 Å². The number of nitrogens with zero attached hydrogens (tertiary/aromatic N) is 1. The molecule has 0 aliphatic heterocycles. The molecular formula is C10H19F3N2. The highest BCUT2D eigenvalue weighted by Gasteiger charge is 2.32. The zero-order chi connectivity index (χ0) is 11.5. The molecule has 5 heteroatoms. The van der Waals surface area contributed by atoms with Crippen molar-refractivity contribution in [2.45, 2.75) is 38.4 Å². The molecule has 0 amide bonds. The van der Waals surface area contributed by atoms with E-state index in [9.17, 15) is 13.2 Å². The van der Waals surface area contributed by atoms with Gasteiger partial charge >= 0.3 is 6.18 Å². The molecule has 0 aromatic heterocycles. The number of rotatable bonds is 6. The van der Waals surface area contributed by atoms with Gasteiger partial charge in [0.15, 0.2) is 0 Å². The standard InChI is InChI=1S/C10H19F3N2/c1-2-15(7-10(11,12)13)6-5-9(14)8-3-4-8/h8-9H,2-7,14H2,1H3. The van der Waals surface area contributed by atoms with E-state index in [-0.39, 0.29) is 6.04 Å². The van der Waals surface area contributed by atoms with Gasteiger partial charge in [0, 0.05) is 6.04 Å². The second-order valence-corrected chi connectivity index (χ2v) is 4.27. The van der Waals surface area contributed by atoms with E-state index in [2.05, 4.69) is 0 Å². The molecule has 15 heavy (non-hydrogen) atoms. The minimum Gasteiger partial charge on any atom is -0.327 e. The Morgan fingerprint density at radius 3 is 2.40 bits per heavy atom. The first kappa shape index (κ1) is 12.8. The third-order valence-corrected chi connectivity index (χ3v) is 2.86. The van der Waals surface area contributed by atoms with E-state index < -0.39 is 12.7 Å². The lowest BCUT2D eigenvalue weighted by Crippen LogP contribution is -2.37. The van der Waals surface area contributed by atoms with Crippen LogP contribution in [0.15, 0.2) is 0 Å². The average molecular weight is 224 g/mol. The van der Waals surface area contributed by atoms with Crippen LogP contribution >= 0.6 is 0 Å². The molecular weight excluding hydrogens is 205 g/mol. The van der Waals surface area contributed by atoms with Crippen molar-refractivity contribution < 1.29 is 13.2 Å². The van der Waals surface area contributed by atoms with Crippen LogP contribution in [0.4, 0.5) is 13.2 Å². The summed E-state index contributed by atoms with van der Waals surface area (Å²) in [5.41, 5.74) is 5.84. The van der Waals surface area contributed by atoms with Gasteiger partial charge in [-0.2, -0.15) is 13.2 Å². The Morgan fingerprint density at radius 1 is 1.40 bits per heavy atom. The van der Waals surface area contributed by atoms with Gasteiger partial charge in [-0.15, -0.1) is 0 Å². The molecule has 90 valence electrons. The van der Waals surface area contributed by atoms with Crippen molar-refractivity contribution in [3.63, 3.8) is 0 Å². The van der Waals surface area contributed by atoms with Gasteiger partial charge in [-0.05, 0) is 38.3 Å². The van der Waals surface area contributed by atoms with Crippen LogP contribution in [-0.4, -0.2) is 36.8 Å². The topological polar surface area (TPSA) is 29.3 Å². The van der Waals surface area contributed by atoms with Crippen LogP contribution in [0, 0.1) is 5.92 Å². The molecule has 0 aromatic carbocycles. The molecule has 1 aliphatic carbocycles. The van der Waals surface area contributed by atoms with Crippen molar-refractivity contribution in [1.29, 1.82) is 0 Å². The summed E-state index contributed by atoms with van der Waals surface area (Å²) in [6, 6.07) is 0.0901. The number of halogens is 3. The maximum absolute atomic E-state index is 12.1. The fraction of sp³-hybridized carbons (Fsp3) is 1.00. The largest absolute Gasteiger partial charge is 0.401 e. The van der Waals surface area contributed by atoms with Crippen LogP contribution in [0.2, 0.25) is 0 Å². The Morgan fingerprint density at radius 2 is 2.00 bits per heavy atom. The molecule has 0 radical (unpaired) electrons. The minimum absolute atomic E-state index is 0.0901. The molecule has 1 aliphatic rings. The van der Waals surface area contributed by atoms with E-state index in [0.717, 1.165) is 12.8 Å². The molecule has 2 N–H and O–H groups in total. The van der Waals surface area contributed by atoms with E-state index in [1.165, 1.54) is 4.90 Å². The second-order valence-electron chi connectivity index (χ2n) is 4.27. The lowest BCUT2D eigenvalue weighted by atomic mass is 10.1. The average Bonchev–Trinajstić information content (AvgIpc) is 2.92. The quantitative estimate of drug-likeness (QED) is 0.747. The summed E-state index contributed by atoms with van der Waals surface area (Å²) in [4.78, 5) is 1.40. The highest BCUT2D eigenvalue weighted by Crippen LogP contribution is 2.32. The van der Waals surface area contributed by atoms with Crippen molar-refractivity contribution in [3.8, 4) is 0 Å². The van der Waals surface area contributed by atoms with Crippen molar-refractivity contribution in [2.75, 3.05) is 19.6 Å². The smallest absolute Gasteiger partial charge is 0.327 e. The summed E-state index contributed by atoms with van der Waals surface area (Å²) in [5, 5.41) is 0. The second kappa shape index (κ2) is 5.16. The summed E-state index contributed by atoms with van der Waals surface area (Å²) in [6.45, 7) is 1.81. The number of hydrogen-bond donors (Lipinski definition) is 1. The monoisotopic (exact) mass is 224 g/mol. The summed E-state index contributed by atoms with van der Waals surface area (Å²) in [7, 11) is 0. The number of nitrogens with two attached hydrogens (primary N) is 1. The minimum atomic E-state index is -4.10. The highest BCUT2D eigenvalue weighted by molar-refractivity contribution is 4.84. The van der Waals surface area contributed by atoms with Crippen molar-refractivity contribution in [2.24, 2.45) is 11.7 Å². The lowest BCUT2D eigenvalue weighted by molar-refractivity contribution is -0.145. The fourth-order valence-corrected chi connectivity index (χ4v) is 1.69. The molecule has 1 saturated carbocycles. The van der Waals surface area contributed by atoms with E-state index >= 15 is 0 Å². The Hall–Kier alpha value is -0.290. The molecule has 0 spiro atoms. The van der Waals surface area contributed by atoms with Gasteiger partial charge in [-0.3, -0.25) is 4.90 Å². The van der Waals surface area contributed by atoms with E-state index in [1.807, 2.05) is 0 Å². The highest BCUT2D eigenvalue weighted by atomic mass is 19.4. The van der Waals surface area contributed by atoms with E-state index in [1.54, 1.807) is 6.92 Å². The van der Waals surface area contributed by atoms with Gasteiger partial charge < -0.3 is 5.73 Å². The van der Waals surface area contributed by atoms with Crippen molar-refractivity contribution in [3.05, 3.63) is 0 Å². The Balaban J connectivity index is 2.20. The summed E-state index contributed by atoms with van der Waals surface area (Å²) in [6.07, 6.45) is -1.13. The zero-order valence-electron chi connectivity index (χ0n) is 9.06. The predicted molar refractivity (Wildman–Crippen MR) is 53.5 cm³/mol. The van der Waals surface area contributed by atoms with Crippen molar-refractivity contribution >= 4 is 0 Å². The van der Waals surface area contributed by atoms with Crippen LogP contribution in [0.3, 0.4) is 0 Å². The normalized spacial score (nSPS) is 19.6. The summed E-state index contributed by atoms with van der Waals surface area (Å²) >= 11 is 0. The first-order valence-corrected chi connectivity index (χ1v) is 5.47. The molecule has 0 bridgehead atoms. The van der Waals surface area contributed by atoms with Crippen LogP contribution in [0.25, 0.3) is 0 Å². The van der Waals surface area contributed by atoms with E-state index in [4.69, 9.17) is 5.73 Å². The Labute approximate surface area is 88.6 Å². The molecule has 0 aromatic rings. The molecule has 2 nitrogen and oxygen atoms in total. The van der Waals surface area contributed by atoms with Gasteiger partial charge in [0.1, 0.15) is 0 Å². The predicted octanol–water partition coefficient (Wildman–Crippen LogP) is 2.00. The first-order chi connectivity index (χ1) is 6.92. The van der Waals surface area contributed by atoms with Gasteiger partial charge in [0.05, 0.1) is 6.54 Å². The van der Waals surface area contributed by atoms with Crippen LogP contribution < -0.4 is 5.73 Å². The maximum Gasteiger partial charge on any atom is 0.401 e. The third kappa shape index (κ3) is 5.37. The summed E-state index contributed by atoms with van der Waals surface area (Å²) < 4.78 is 36.3. The van der Waals surface area contributed by atoms with Crippen LogP contribution in [-0.2, 0) is 0 Å². The fourth-order valence-electron chi connectivity index (χ4n) is 1.69. The molecule has 1 atom stereocenters. The molecule has 0 heterocycles. The van der Waals surface area contributed by atoms with Gasteiger partial charge in [0.2, 0.25) is 0 Å². The van der Waals surface area contributed by atoms with Crippen LogP contribution in [0.5, 0.6) is 0 Å². The van der Waals surface area contributed by atoms with Crippen molar-refractivity contribution in [1.82, 2.24) is 4.90 Å². The summed E-state index contributed by atoms with van der Waals surface area (Å²) in [5.74, 6) is 0.564. The van der Waals surface area contributed by atoms with E-state index in [0.29, 0.717) is 25.4 Å². The number of hydrogen-bond acceptors (Lipinski definition) is 2. The SMILES string of the molecule is CCN(CCC(N)C1CC1)CC(F)(F)F. The first-order valence-electron chi connectivity index (χ1n) is 5.47. The molecule has 0 saturated heterocycles. The molecule has 1 unspecified atom stereocenters.